The van der Waals surface area contributed by atoms with E-state index in [1.54, 1.807) is 0 Å². The van der Waals surface area contributed by atoms with Crippen LogP contribution in [0, 0.1) is 11.3 Å². The quantitative estimate of drug-likeness (QED) is 0.686. The number of alkyl halides is 3. The summed E-state index contributed by atoms with van der Waals surface area (Å²) in [6, 6.07) is 2.67. The van der Waals surface area contributed by atoms with E-state index in [0.29, 0.717) is 25.3 Å². The van der Waals surface area contributed by atoms with Crippen LogP contribution < -0.4 is 5.32 Å². The molecule has 0 aromatic carbocycles. The molecule has 1 saturated carbocycles. The highest BCUT2D eigenvalue weighted by Gasteiger charge is 2.32. The molecule has 1 fully saturated rings. The van der Waals surface area contributed by atoms with Crippen LogP contribution in [0.1, 0.15) is 39.0 Å². The molecule has 0 aromatic heterocycles. The van der Waals surface area contributed by atoms with E-state index in [1.165, 1.54) is 0 Å². The highest BCUT2D eigenvalue weighted by molar-refractivity contribution is 5.06. The van der Waals surface area contributed by atoms with Gasteiger partial charge in [0.1, 0.15) is 12.1 Å². The van der Waals surface area contributed by atoms with Crippen LogP contribution in [-0.4, -0.2) is 31.0 Å². The highest BCUT2D eigenvalue weighted by atomic mass is 19.4. The molecule has 0 spiro atoms. The number of nitriles is 1. The van der Waals surface area contributed by atoms with E-state index in [9.17, 15) is 13.2 Å². The molecule has 18 heavy (non-hydrogen) atoms. The van der Waals surface area contributed by atoms with E-state index in [4.69, 9.17) is 5.26 Å². The van der Waals surface area contributed by atoms with Crippen molar-refractivity contribution in [1.29, 1.82) is 5.26 Å². The lowest BCUT2D eigenvalue weighted by Gasteiger charge is -2.23. The van der Waals surface area contributed by atoms with Crippen LogP contribution in [0.25, 0.3) is 0 Å². The van der Waals surface area contributed by atoms with Crippen molar-refractivity contribution in [1.82, 2.24) is 5.32 Å². The van der Waals surface area contributed by atoms with Crippen LogP contribution in [0.15, 0.2) is 0 Å². The van der Waals surface area contributed by atoms with Gasteiger partial charge in [-0.1, -0.05) is 0 Å². The first kappa shape index (κ1) is 15.3. The van der Waals surface area contributed by atoms with Gasteiger partial charge in [-0.2, -0.15) is 18.4 Å². The Hall–Kier alpha value is -0.800. The minimum Gasteiger partial charge on any atom is -0.372 e. The third-order valence-corrected chi connectivity index (χ3v) is 2.83. The van der Waals surface area contributed by atoms with E-state index in [-0.39, 0.29) is 6.61 Å². The molecule has 1 atom stereocenters. The van der Waals surface area contributed by atoms with Crippen molar-refractivity contribution in [3.63, 3.8) is 0 Å². The number of hydrogen-bond donors (Lipinski definition) is 1. The van der Waals surface area contributed by atoms with E-state index in [2.05, 4.69) is 16.1 Å². The van der Waals surface area contributed by atoms with Gasteiger partial charge in [-0.15, -0.1) is 0 Å². The van der Waals surface area contributed by atoms with Gasteiger partial charge in [0.2, 0.25) is 0 Å². The summed E-state index contributed by atoms with van der Waals surface area (Å²) in [7, 11) is 0. The Morgan fingerprint density at radius 3 is 2.50 bits per heavy atom. The maximum atomic E-state index is 11.8. The molecular weight excluding hydrogens is 245 g/mol. The topological polar surface area (TPSA) is 45.0 Å². The Bertz CT molecular complexity index is 297. The summed E-state index contributed by atoms with van der Waals surface area (Å²) in [5.74, 6) is 0. The molecule has 104 valence electrons. The van der Waals surface area contributed by atoms with Crippen molar-refractivity contribution >= 4 is 0 Å². The van der Waals surface area contributed by atoms with Crippen LogP contribution in [0.4, 0.5) is 13.2 Å². The van der Waals surface area contributed by atoms with Gasteiger partial charge in [-0.05, 0) is 39.0 Å². The second-order valence-corrected chi connectivity index (χ2v) is 4.99. The summed E-state index contributed by atoms with van der Waals surface area (Å²) in [4.78, 5) is 0. The molecule has 3 nitrogen and oxygen atoms in total. The van der Waals surface area contributed by atoms with Gasteiger partial charge in [-0.3, -0.25) is 5.32 Å². The van der Waals surface area contributed by atoms with Crippen LogP contribution in [-0.2, 0) is 4.74 Å². The number of nitrogens with zero attached hydrogens (tertiary/aromatic N) is 1. The van der Waals surface area contributed by atoms with E-state index >= 15 is 0 Å². The van der Waals surface area contributed by atoms with Crippen LogP contribution in [0.3, 0.4) is 0 Å². The smallest absolute Gasteiger partial charge is 0.372 e. The van der Waals surface area contributed by atoms with E-state index in [1.807, 2.05) is 6.92 Å². The molecule has 1 N–H and O–H groups in total. The standard InChI is InChI=1S/C12H19F3N2O/c1-11(8-16,17-10-4-5-10)6-2-3-7-18-9-12(13,14)15/h10,17H,2-7,9H2,1H3. The zero-order valence-corrected chi connectivity index (χ0v) is 10.5. The van der Waals surface area contributed by atoms with Gasteiger partial charge in [0.05, 0.1) is 6.07 Å². The van der Waals surface area contributed by atoms with Gasteiger partial charge in [0.15, 0.2) is 0 Å². The number of halogens is 3. The molecule has 0 bridgehead atoms. The van der Waals surface area contributed by atoms with E-state index in [0.717, 1.165) is 12.8 Å². The van der Waals surface area contributed by atoms with Gasteiger partial charge in [0.25, 0.3) is 0 Å². The van der Waals surface area contributed by atoms with Crippen molar-refractivity contribution in [2.45, 2.75) is 56.8 Å². The summed E-state index contributed by atoms with van der Waals surface area (Å²) in [6.07, 6.45) is -0.191. The van der Waals surface area contributed by atoms with Crippen molar-refractivity contribution in [3.05, 3.63) is 0 Å². The third-order valence-electron chi connectivity index (χ3n) is 2.83. The fourth-order valence-electron chi connectivity index (χ4n) is 1.71. The molecule has 1 aliphatic rings. The highest BCUT2D eigenvalue weighted by Crippen LogP contribution is 2.24. The van der Waals surface area contributed by atoms with Gasteiger partial charge in [0, 0.05) is 12.6 Å². The average Bonchev–Trinajstić information content (AvgIpc) is 3.05. The molecule has 1 aliphatic carbocycles. The molecule has 0 radical (unpaired) electrons. The minimum absolute atomic E-state index is 0.0877. The van der Waals surface area contributed by atoms with Gasteiger partial charge >= 0.3 is 6.18 Å². The molecule has 6 heteroatoms. The number of rotatable bonds is 8. The Kier molecular flexibility index (Phi) is 5.42. The maximum Gasteiger partial charge on any atom is 0.411 e. The lowest BCUT2D eigenvalue weighted by molar-refractivity contribution is -0.174. The van der Waals surface area contributed by atoms with Crippen LogP contribution in [0.2, 0.25) is 0 Å². The molecule has 1 unspecified atom stereocenters. The number of ether oxygens (including phenoxy) is 1. The van der Waals surface area contributed by atoms with Gasteiger partial charge in [-0.25, -0.2) is 0 Å². The molecule has 1 rings (SSSR count). The fourth-order valence-corrected chi connectivity index (χ4v) is 1.71. The predicted octanol–water partition coefficient (Wildman–Crippen LogP) is 2.77. The van der Waals surface area contributed by atoms with E-state index < -0.39 is 18.3 Å². The fraction of sp³-hybridized carbons (Fsp3) is 0.917. The second-order valence-electron chi connectivity index (χ2n) is 4.99. The normalized spacial score (nSPS) is 19.3. The molecule has 0 aliphatic heterocycles. The largest absolute Gasteiger partial charge is 0.411 e. The molecule has 0 aromatic rings. The Balaban J connectivity index is 2.07. The average molecular weight is 264 g/mol. The summed E-state index contributed by atoms with van der Waals surface area (Å²) in [5.41, 5.74) is -0.564. The van der Waals surface area contributed by atoms with Gasteiger partial charge < -0.3 is 4.74 Å². The first-order chi connectivity index (χ1) is 8.35. The zero-order valence-electron chi connectivity index (χ0n) is 10.5. The summed E-state index contributed by atoms with van der Waals surface area (Å²) >= 11 is 0. The number of nitrogens with one attached hydrogen (secondary N) is 1. The minimum atomic E-state index is -4.26. The Morgan fingerprint density at radius 2 is 2.00 bits per heavy atom. The summed E-state index contributed by atoms with van der Waals surface area (Å²) < 4.78 is 39.9. The van der Waals surface area contributed by atoms with Crippen molar-refractivity contribution in [3.8, 4) is 6.07 Å². The molecule has 0 saturated heterocycles. The van der Waals surface area contributed by atoms with Crippen molar-refractivity contribution in [2.24, 2.45) is 0 Å². The molecular formula is C12H19F3N2O. The van der Waals surface area contributed by atoms with Crippen LogP contribution >= 0.6 is 0 Å². The summed E-state index contributed by atoms with van der Waals surface area (Å²) in [5, 5.41) is 12.3. The predicted molar refractivity (Wildman–Crippen MR) is 60.9 cm³/mol. The number of unbranched alkanes of at least 4 members (excludes halogenated alkanes) is 1. The van der Waals surface area contributed by atoms with Crippen molar-refractivity contribution in [2.75, 3.05) is 13.2 Å². The number of hydrogen-bond acceptors (Lipinski definition) is 3. The monoisotopic (exact) mass is 264 g/mol. The summed E-state index contributed by atoms with van der Waals surface area (Å²) in [6.45, 7) is 0.731. The lowest BCUT2D eigenvalue weighted by atomic mass is 9.96. The molecule has 0 heterocycles. The van der Waals surface area contributed by atoms with Crippen molar-refractivity contribution < 1.29 is 17.9 Å². The molecule has 0 amide bonds. The third kappa shape index (κ3) is 6.82. The zero-order chi connectivity index (χ0) is 13.6. The Labute approximate surface area is 105 Å². The lowest BCUT2D eigenvalue weighted by Crippen LogP contribution is -2.42. The SMILES string of the molecule is CC(C#N)(CCCCOCC(F)(F)F)NC1CC1. The Morgan fingerprint density at radius 1 is 1.33 bits per heavy atom. The first-order valence-corrected chi connectivity index (χ1v) is 6.18. The maximum absolute atomic E-state index is 11.8. The van der Waals surface area contributed by atoms with Crippen LogP contribution in [0.5, 0.6) is 0 Å². The second kappa shape index (κ2) is 6.39. The first-order valence-electron chi connectivity index (χ1n) is 6.18.